The first kappa shape index (κ1) is 29.6. The average Bonchev–Trinajstić information content (AvgIpc) is 2.91. The average molecular weight is 540 g/mol. The first-order valence-corrected chi connectivity index (χ1v) is 17.0. The molecule has 4 bridgehead atoms. The SMILES string of the molecule is CC1CC2CC(C)CC(c3ccc(C(=N)c4ccc(C56CC(C)CC(CC(C)C5)C6)cc4)cc3)(C1)C2.CCCC. The topological polar surface area (TPSA) is 23.9 Å². The summed E-state index contributed by atoms with van der Waals surface area (Å²) in [5, 5.41) is 9.00. The van der Waals surface area contributed by atoms with Crippen LogP contribution in [-0.2, 0) is 10.8 Å². The van der Waals surface area contributed by atoms with Gasteiger partial charge in [-0.25, -0.2) is 0 Å². The molecule has 0 aromatic heterocycles. The lowest BCUT2D eigenvalue weighted by Gasteiger charge is -2.50. The van der Waals surface area contributed by atoms with Crippen molar-refractivity contribution in [1.82, 2.24) is 0 Å². The van der Waals surface area contributed by atoms with Crippen molar-refractivity contribution in [1.29, 1.82) is 5.41 Å². The summed E-state index contributed by atoms with van der Waals surface area (Å²) < 4.78 is 0. The molecule has 4 atom stereocenters. The molecule has 4 unspecified atom stereocenters. The molecule has 0 spiro atoms. The number of nitrogens with one attached hydrogen (secondary N) is 1. The third-order valence-corrected chi connectivity index (χ3v) is 11.3. The highest BCUT2D eigenvalue weighted by atomic mass is 14.5. The van der Waals surface area contributed by atoms with E-state index in [0.29, 0.717) is 16.5 Å². The Labute approximate surface area is 246 Å². The summed E-state index contributed by atoms with van der Waals surface area (Å²) >= 11 is 0. The van der Waals surface area contributed by atoms with Crippen LogP contribution in [0.3, 0.4) is 0 Å². The Bertz CT molecular complexity index is 996. The van der Waals surface area contributed by atoms with Crippen LogP contribution in [0.5, 0.6) is 0 Å². The van der Waals surface area contributed by atoms with Crippen molar-refractivity contribution in [3.63, 3.8) is 0 Å². The van der Waals surface area contributed by atoms with E-state index in [4.69, 9.17) is 5.41 Å². The number of hydrogen-bond donors (Lipinski definition) is 1. The zero-order valence-corrected chi connectivity index (χ0v) is 26.6. The second kappa shape index (κ2) is 12.1. The maximum Gasteiger partial charge on any atom is 0.0684 e. The molecule has 0 aliphatic heterocycles. The van der Waals surface area contributed by atoms with Crippen LogP contribution < -0.4 is 0 Å². The minimum Gasteiger partial charge on any atom is -0.300 e. The fourth-order valence-corrected chi connectivity index (χ4v) is 10.3. The van der Waals surface area contributed by atoms with E-state index in [1.165, 1.54) is 88.2 Å². The zero-order valence-electron chi connectivity index (χ0n) is 26.6. The van der Waals surface area contributed by atoms with Gasteiger partial charge in [0, 0.05) is 11.1 Å². The highest BCUT2D eigenvalue weighted by Gasteiger charge is 2.46. The summed E-state index contributed by atoms with van der Waals surface area (Å²) in [5.74, 6) is 5.15. The monoisotopic (exact) mass is 539 g/mol. The normalized spacial score (nSPS) is 36.8. The lowest BCUT2D eigenvalue weighted by atomic mass is 9.54. The van der Waals surface area contributed by atoms with Gasteiger partial charge < -0.3 is 0 Å². The Hall–Kier alpha value is -1.89. The van der Waals surface area contributed by atoms with Crippen LogP contribution >= 0.6 is 0 Å². The molecule has 0 heterocycles. The highest BCUT2D eigenvalue weighted by Crippen LogP contribution is 2.55. The Morgan fingerprint density at radius 2 is 0.850 bits per heavy atom. The Kier molecular flexibility index (Phi) is 8.99. The van der Waals surface area contributed by atoms with Crippen molar-refractivity contribution < 1.29 is 0 Å². The molecular formula is C39H57N. The van der Waals surface area contributed by atoms with Gasteiger partial charge in [0.25, 0.3) is 0 Å². The van der Waals surface area contributed by atoms with Gasteiger partial charge in [0.05, 0.1) is 5.71 Å². The molecule has 40 heavy (non-hydrogen) atoms. The van der Waals surface area contributed by atoms with E-state index in [0.717, 1.165) is 46.6 Å². The summed E-state index contributed by atoms with van der Waals surface area (Å²) in [5.41, 5.74) is 6.59. The summed E-state index contributed by atoms with van der Waals surface area (Å²) in [4.78, 5) is 0. The molecule has 4 aliphatic rings. The smallest absolute Gasteiger partial charge is 0.0684 e. The summed E-state index contributed by atoms with van der Waals surface area (Å²) in [6, 6.07) is 18.4. The summed E-state index contributed by atoms with van der Waals surface area (Å²) in [7, 11) is 0. The van der Waals surface area contributed by atoms with Gasteiger partial charge in [0.15, 0.2) is 0 Å². The maximum atomic E-state index is 9.00. The van der Waals surface area contributed by atoms with Gasteiger partial charge in [-0.3, -0.25) is 5.41 Å². The van der Waals surface area contributed by atoms with Crippen LogP contribution in [0.1, 0.15) is 141 Å². The van der Waals surface area contributed by atoms with Gasteiger partial charge in [-0.15, -0.1) is 0 Å². The second-order valence-corrected chi connectivity index (χ2v) is 15.4. The minimum atomic E-state index is 0.369. The van der Waals surface area contributed by atoms with Crippen LogP contribution in [0.2, 0.25) is 0 Å². The predicted molar refractivity (Wildman–Crippen MR) is 173 cm³/mol. The molecule has 0 radical (unpaired) electrons. The maximum absolute atomic E-state index is 9.00. The third-order valence-electron chi connectivity index (χ3n) is 11.3. The van der Waals surface area contributed by atoms with Crippen molar-refractivity contribution >= 4 is 5.71 Å². The number of benzene rings is 2. The van der Waals surface area contributed by atoms with Gasteiger partial charge in [0.2, 0.25) is 0 Å². The highest BCUT2D eigenvalue weighted by molar-refractivity contribution is 6.10. The molecule has 2 aromatic rings. The molecule has 2 aromatic carbocycles. The van der Waals surface area contributed by atoms with Crippen molar-refractivity contribution in [2.45, 2.75) is 129 Å². The van der Waals surface area contributed by atoms with E-state index >= 15 is 0 Å². The molecular weight excluding hydrogens is 482 g/mol. The predicted octanol–water partition coefficient (Wildman–Crippen LogP) is 11.1. The van der Waals surface area contributed by atoms with E-state index in [1.807, 2.05) is 0 Å². The Morgan fingerprint density at radius 3 is 1.12 bits per heavy atom. The number of unbranched alkanes of at least 4 members (excludes halogenated alkanes) is 1. The van der Waals surface area contributed by atoms with E-state index in [9.17, 15) is 0 Å². The molecule has 6 rings (SSSR count). The van der Waals surface area contributed by atoms with E-state index in [2.05, 4.69) is 90.1 Å². The molecule has 4 fully saturated rings. The molecule has 218 valence electrons. The number of hydrogen-bond acceptors (Lipinski definition) is 1. The molecule has 0 amide bonds. The van der Waals surface area contributed by atoms with Crippen molar-refractivity contribution in [2.24, 2.45) is 35.5 Å². The van der Waals surface area contributed by atoms with E-state index in [-0.39, 0.29) is 0 Å². The zero-order chi connectivity index (χ0) is 28.5. The number of rotatable bonds is 5. The lowest BCUT2D eigenvalue weighted by molar-refractivity contribution is 0.0779. The fraction of sp³-hybridized carbons (Fsp3) is 0.667. The first-order valence-electron chi connectivity index (χ1n) is 17.0. The quantitative estimate of drug-likeness (QED) is 0.365. The Balaban J connectivity index is 0.000000758. The first-order chi connectivity index (χ1) is 19.1. The van der Waals surface area contributed by atoms with Crippen LogP contribution in [0.15, 0.2) is 48.5 Å². The Morgan fingerprint density at radius 1 is 0.550 bits per heavy atom. The largest absolute Gasteiger partial charge is 0.300 e. The van der Waals surface area contributed by atoms with Gasteiger partial charge >= 0.3 is 0 Å². The lowest BCUT2D eigenvalue weighted by Crippen LogP contribution is -2.42. The molecule has 4 saturated carbocycles. The standard InChI is InChI=1S/C35H47N.C4H10/c1-23-13-27-14-24(2)18-34(17-23,21-27)31-9-5-29(6-10-31)33(36)30-7-11-32(12-8-30)35-19-25(3)15-28(22-35)16-26(4)20-35;1-3-4-2/h5-12,23-28,36H,13-22H2,1-4H3;3-4H2,1-2H3. The summed E-state index contributed by atoms with van der Waals surface area (Å²) in [6.07, 6.45) is 16.4. The molecule has 1 heteroatoms. The minimum absolute atomic E-state index is 0.369. The van der Waals surface area contributed by atoms with Gasteiger partial charge in [-0.1, -0.05) is 103 Å². The van der Waals surface area contributed by atoms with Crippen molar-refractivity contribution in [3.8, 4) is 0 Å². The molecule has 1 nitrogen and oxygen atoms in total. The van der Waals surface area contributed by atoms with E-state index < -0.39 is 0 Å². The third kappa shape index (κ3) is 6.15. The second-order valence-electron chi connectivity index (χ2n) is 15.4. The fourth-order valence-electron chi connectivity index (χ4n) is 10.3. The van der Waals surface area contributed by atoms with Crippen LogP contribution in [0.25, 0.3) is 0 Å². The van der Waals surface area contributed by atoms with Crippen molar-refractivity contribution in [3.05, 3.63) is 70.8 Å². The van der Waals surface area contributed by atoms with Crippen LogP contribution in [0.4, 0.5) is 0 Å². The van der Waals surface area contributed by atoms with Gasteiger partial charge in [-0.2, -0.15) is 0 Å². The van der Waals surface area contributed by atoms with Gasteiger partial charge in [0.1, 0.15) is 0 Å². The van der Waals surface area contributed by atoms with E-state index in [1.54, 1.807) is 0 Å². The van der Waals surface area contributed by atoms with Crippen molar-refractivity contribution in [2.75, 3.05) is 0 Å². The van der Waals surface area contributed by atoms with Crippen LogP contribution in [-0.4, -0.2) is 5.71 Å². The molecule has 1 N–H and O–H groups in total. The van der Waals surface area contributed by atoms with Crippen LogP contribution in [0, 0.1) is 40.9 Å². The molecule has 4 aliphatic carbocycles. The summed E-state index contributed by atoms with van der Waals surface area (Å²) in [6.45, 7) is 14.2. The molecule has 0 saturated heterocycles. The number of fused-ring (bicyclic) bond motifs is 4. The van der Waals surface area contributed by atoms with Gasteiger partial charge in [-0.05, 0) is 122 Å².